The Balaban J connectivity index is 1.34. The van der Waals surface area contributed by atoms with Gasteiger partial charge in [0.2, 0.25) is 5.91 Å². The summed E-state index contributed by atoms with van der Waals surface area (Å²) >= 11 is 0. The molecule has 8 nitrogen and oxygen atoms in total. The fourth-order valence-corrected chi connectivity index (χ4v) is 3.79. The smallest absolute Gasteiger partial charge is 0.258 e. The Morgan fingerprint density at radius 2 is 1.51 bits per heavy atom. The van der Waals surface area contributed by atoms with Crippen LogP contribution in [0.1, 0.15) is 20.7 Å². The first-order valence-corrected chi connectivity index (χ1v) is 11.5. The molecule has 0 atom stereocenters. The van der Waals surface area contributed by atoms with E-state index in [1.54, 1.807) is 65.4 Å². The number of hydrogen-bond acceptors (Lipinski definition) is 5. The van der Waals surface area contributed by atoms with Crippen molar-refractivity contribution >= 4 is 34.8 Å². The number of benzene rings is 3. The Labute approximate surface area is 204 Å². The van der Waals surface area contributed by atoms with Crippen molar-refractivity contribution in [3.05, 3.63) is 90.0 Å². The van der Waals surface area contributed by atoms with Gasteiger partial charge in [0.05, 0.1) is 19.8 Å². The summed E-state index contributed by atoms with van der Waals surface area (Å²) in [5.74, 6) is -0.491. The number of nitrogens with zero attached hydrogens (tertiary/aromatic N) is 2. The molecule has 1 saturated heterocycles. The van der Waals surface area contributed by atoms with E-state index >= 15 is 0 Å². The number of hydrogen-bond donors (Lipinski definition) is 2. The highest BCUT2D eigenvalue weighted by atomic mass is 16.5. The van der Waals surface area contributed by atoms with Crippen molar-refractivity contribution in [2.75, 3.05) is 55.4 Å². The number of rotatable bonds is 7. The van der Waals surface area contributed by atoms with Gasteiger partial charge in [-0.15, -0.1) is 0 Å². The maximum atomic E-state index is 12.9. The molecule has 3 aromatic rings. The number of nitrogens with one attached hydrogen (secondary N) is 2. The fourth-order valence-electron chi connectivity index (χ4n) is 3.79. The monoisotopic (exact) mass is 472 g/mol. The zero-order valence-corrected chi connectivity index (χ0v) is 19.6. The van der Waals surface area contributed by atoms with E-state index in [-0.39, 0.29) is 24.3 Å². The molecule has 1 fully saturated rings. The molecule has 8 heteroatoms. The van der Waals surface area contributed by atoms with Crippen molar-refractivity contribution in [2.24, 2.45) is 0 Å². The van der Waals surface area contributed by atoms with Crippen molar-refractivity contribution in [3.63, 3.8) is 0 Å². The number of carbonyl (C=O) groups is 3. The first-order valence-electron chi connectivity index (χ1n) is 11.5. The van der Waals surface area contributed by atoms with Gasteiger partial charge in [-0.2, -0.15) is 0 Å². The van der Waals surface area contributed by atoms with Crippen molar-refractivity contribution in [1.29, 1.82) is 0 Å². The van der Waals surface area contributed by atoms with Crippen LogP contribution in [0.2, 0.25) is 0 Å². The Hall–Kier alpha value is -4.17. The van der Waals surface area contributed by atoms with Crippen LogP contribution in [0.5, 0.6) is 0 Å². The van der Waals surface area contributed by atoms with E-state index in [0.717, 1.165) is 5.69 Å². The summed E-state index contributed by atoms with van der Waals surface area (Å²) in [4.78, 5) is 41.4. The number of carbonyl (C=O) groups excluding carboxylic acids is 3. The molecule has 0 spiro atoms. The second kappa shape index (κ2) is 11.3. The van der Waals surface area contributed by atoms with E-state index in [0.29, 0.717) is 48.8 Å². The average molecular weight is 473 g/mol. The van der Waals surface area contributed by atoms with Crippen LogP contribution in [0, 0.1) is 0 Å². The SMILES string of the molecule is CN(C(=O)c1cccc(NCC(=O)Nc2cccc(C(=O)N3CCOCC3)c2)c1)c1ccccc1. The molecule has 0 unspecified atom stereocenters. The second-order valence-electron chi connectivity index (χ2n) is 8.17. The van der Waals surface area contributed by atoms with Gasteiger partial charge in [-0.05, 0) is 48.5 Å². The van der Waals surface area contributed by atoms with E-state index < -0.39 is 0 Å². The quantitative estimate of drug-likeness (QED) is 0.549. The lowest BCUT2D eigenvalue weighted by Crippen LogP contribution is -2.40. The lowest BCUT2D eigenvalue weighted by Gasteiger charge is -2.27. The van der Waals surface area contributed by atoms with Gasteiger partial charge in [0.1, 0.15) is 0 Å². The van der Waals surface area contributed by atoms with Crippen LogP contribution in [0.3, 0.4) is 0 Å². The number of para-hydroxylation sites is 1. The standard InChI is InChI=1S/C27H28N4O4/c1-30(24-11-3-2-4-12-24)26(33)20-7-5-9-22(17-20)28-19-25(32)29-23-10-6-8-21(18-23)27(34)31-13-15-35-16-14-31/h2-12,17-18,28H,13-16,19H2,1H3,(H,29,32). The highest BCUT2D eigenvalue weighted by Gasteiger charge is 2.19. The minimum Gasteiger partial charge on any atom is -0.378 e. The van der Waals surface area contributed by atoms with E-state index in [1.165, 1.54) is 0 Å². The van der Waals surface area contributed by atoms with Gasteiger partial charge in [-0.1, -0.05) is 30.3 Å². The normalized spacial score (nSPS) is 13.1. The zero-order valence-electron chi connectivity index (χ0n) is 19.6. The summed E-state index contributed by atoms with van der Waals surface area (Å²) in [6.45, 7) is 2.18. The Kier molecular flexibility index (Phi) is 7.74. The number of ether oxygens (including phenoxy) is 1. The van der Waals surface area contributed by atoms with Crippen LogP contribution < -0.4 is 15.5 Å². The fraction of sp³-hybridized carbons (Fsp3) is 0.222. The summed E-state index contributed by atoms with van der Waals surface area (Å²) in [6.07, 6.45) is 0. The summed E-state index contributed by atoms with van der Waals surface area (Å²) in [6, 6.07) is 23.3. The first kappa shape index (κ1) is 24.0. The van der Waals surface area contributed by atoms with Crippen LogP contribution in [0.25, 0.3) is 0 Å². The predicted octanol–water partition coefficient (Wildman–Crippen LogP) is 3.49. The Morgan fingerprint density at radius 3 is 2.26 bits per heavy atom. The van der Waals surface area contributed by atoms with Crippen molar-refractivity contribution < 1.29 is 19.1 Å². The highest BCUT2D eigenvalue weighted by Crippen LogP contribution is 2.18. The van der Waals surface area contributed by atoms with Crippen LogP contribution in [-0.4, -0.2) is 62.5 Å². The molecule has 0 radical (unpaired) electrons. The van der Waals surface area contributed by atoms with Crippen LogP contribution in [0.15, 0.2) is 78.9 Å². The molecule has 1 aliphatic heterocycles. The molecule has 0 aromatic heterocycles. The predicted molar refractivity (Wildman–Crippen MR) is 136 cm³/mol. The van der Waals surface area contributed by atoms with Crippen LogP contribution in [-0.2, 0) is 9.53 Å². The Bertz CT molecular complexity index is 1190. The van der Waals surface area contributed by atoms with E-state index in [1.807, 2.05) is 30.3 Å². The molecule has 3 amide bonds. The van der Waals surface area contributed by atoms with E-state index in [9.17, 15) is 14.4 Å². The number of anilines is 3. The van der Waals surface area contributed by atoms with Crippen molar-refractivity contribution in [1.82, 2.24) is 4.90 Å². The van der Waals surface area contributed by atoms with Gasteiger partial charge in [-0.3, -0.25) is 14.4 Å². The zero-order chi connectivity index (χ0) is 24.6. The maximum absolute atomic E-state index is 12.9. The van der Waals surface area contributed by atoms with Gasteiger partial charge in [0, 0.05) is 48.3 Å². The van der Waals surface area contributed by atoms with Gasteiger partial charge in [-0.25, -0.2) is 0 Å². The molecule has 35 heavy (non-hydrogen) atoms. The summed E-state index contributed by atoms with van der Waals surface area (Å²) < 4.78 is 5.30. The summed E-state index contributed by atoms with van der Waals surface area (Å²) in [5.41, 5.74) is 3.03. The van der Waals surface area contributed by atoms with Gasteiger partial charge in [0.25, 0.3) is 11.8 Å². The minimum atomic E-state index is -0.265. The largest absolute Gasteiger partial charge is 0.378 e. The molecule has 0 aliphatic carbocycles. The molecule has 1 heterocycles. The molecular formula is C27H28N4O4. The van der Waals surface area contributed by atoms with Gasteiger partial charge in [0.15, 0.2) is 0 Å². The second-order valence-corrected chi connectivity index (χ2v) is 8.17. The maximum Gasteiger partial charge on any atom is 0.258 e. The molecule has 3 aromatic carbocycles. The lowest BCUT2D eigenvalue weighted by atomic mass is 10.1. The summed E-state index contributed by atoms with van der Waals surface area (Å²) in [5, 5.41) is 5.87. The van der Waals surface area contributed by atoms with Crippen molar-refractivity contribution in [2.45, 2.75) is 0 Å². The van der Waals surface area contributed by atoms with E-state index in [2.05, 4.69) is 10.6 Å². The number of amides is 3. The summed E-state index contributed by atoms with van der Waals surface area (Å²) in [7, 11) is 1.73. The third kappa shape index (κ3) is 6.24. The molecular weight excluding hydrogens is 444 g/mol. The molecule has 0 bridgehead atoms. The van der Waals surface area contributed by atoms with Gasteiger partial charge >= 0.3 is 0 Å². The van der Waals surface area contributed by atoms with Gasteiger partial charge < -0.3 is 25.2 Å². The highest BCUT2D eigenvalue weighted by molar-refractivity contribution is 6.06. The molecule has 1 aliphatic rings. The minimum absolute atomic E-state index is 0.00774. The molecule has 4 rings (SSSR count). The average Bonchev–Trinajstić information content (AvgIpc) is 2.92. The number of morpholine rings is 1. The van der Waals surface area contributed by atoms with Crippen LogP contribution >= 0.6 is 0 Å². The van der Waals surface area contributed by atoms with E-state index in [4.69, 9.17) is 4.74 Å². The third-order valence-electron chi connectivity index (χ3n) is 5.70. The molecule has 0 saturated carbocycles. The topological polar surface area (TPSA) is 91.0 Å². The van der Waals surface area contributed by atoms with Crippen molar-refractivity contribution in [3.8, 4) is 0 Å². The molecule has 180 valence electrons. The third-order valence-corrected chi connectivity index (χ3v) is 5.70. The molecule has 2 N–H and O–H groups in total. The first-order chi connectivity index (χ1) is 17.0. The lowest BCUT2D eigenvalue weighted by molar-refractivity contribution is -0.114. The Morgan fingerprint density at radius 1 is 0.857 bits per heavy atom. The van der Waals surface area contributed by atoms with Crippen LogP contribution in [0.4, 0.5) is 17.1 Å².